The number of ether oxygens (including phenoxy) is 1. The van der Waals surface area contributed by atoms with Crippen LogP contribution in [0.4, 0.5) is 4.79 Å². The molecule has 188 valence electrons. The van der Waals surface area contributed by atoms with Gasteiger partial charge in [0.05, 0.1) is 11.2 Å². The van der Waals surface area contributed by atoms with Gasteiger partial charge in [-0.2, -0.15) is 0 Å². The molecule has 0 N–H and O–H groups in total. The molecule has 4 rings (SSSR count). The predicted octanol–water partition coefficient (Wildman–Crippen LogP) is 3.53. The molecule has 0 unspecified atom stereocenters. The number of carbonyl (C=O) groups excluding carboxylic acids is 3. The van der Waals surface area contributed by atoms with Crippen LogP contribution in [0.15, 0.2) is 29.8 Å². The number of imide groups is 1. The van der Waals surface area contributed by atoms with Gasteiger partial charge in [-0.05, 0) is 42.9 Å². The smallest absolute Gasteiger partial charge is 0.410 e. The van der Waals surface area contributed by atoms with Crippen LogP contribution in [0.5, 0.6) is 5.75 Å². The highest BCUT2D eigenvalue weighted by Crippen LogP contribution is 2.31. The second kappa shape index (κ2) is 10.9. The van der Waals surface area contributed by atoms with Crippen molar-refractivity contribution in [3.63, 3.8) is 0 Å². The molecule has 0 spiro atoms. The van der Waals surface area contributed by atoms with E-state index < -0.39 is 0 Å². The maximum Gasteiger partial charge on any atom is 0.415 e. The summed E-state index contributed by atoms with van der Waals surface area (Å²) < 4.78 is 5.57. The van der Waals surface area contributed by atoms with Gasteiger partial charge >= 0.3 is 6.09 Å². The van der Waals surface area contributed by atoms with Crippen molar-refractivity contribution in [2.24, 2.45) is 5.41 Å². The quantitative estimate of drug-likeness (QED) is 0.543. The van der Waals surface area contributed by atoms with Crippen molar-refractivity contribution in [3.8, 4) is 5.75 Å². The van der Waals surface area contributed by atoms with E-state index in [-0.39, 0.29) is 23.3 Å². The molecule has 0 aliphatic carbocycles. The normalized spacial score (nSPS) is 18.7. The van der Waals surface area contributed by atoms with Gasteiger partial charge in [-0.25, -0.2) is 9.78 Å². The summed E-state index contributed by atoms with van der Waals surface area (Å²) in [5, 5.41) is 0. The van der Waals surface area contributed by atoms with Gasteiger partial charge in [-0.1, -0.05) is 26.0 Å². The average molecular weight is 499 g/mol. The molecule has 9 heteroatoms. The van der Waals surface area contributed by atoms with Crippen LogP contribution in [0.3, 0.4) is 0 Å². The predicted molar refractivity (Wildman–Crippen MR) is 134 cm³/mol. The molecule has 8 nitrogen and oxygen atoms in total. The van der Waals surface area contributed by atoms with E-state index in [0.717, 1.165) is 37.3 Å². The molecule has 0 radical (unpaired) electrons. The Morgan fingerprint density at radius 2 is 1.66 bits per heavy atom. The third-order valence-corrected chi connectivity index (χ3v) is 7.74. The third kappa shape index (κ3) is 6.67. The maximum absolute atomic E-state index is 12.6. The molecule has 0 bridgehead atoms. The Bertz CT molecular complexity index is 1040. The Morgan fingerprint density at radius 1 is 1.00 bits per heavy atom. The van der Waals surface area contributed by atoms with Crippen molar-refractivity contribution in [2.75, 3.05) is 39.3 Å². The molecule has 2 fully saturated rings. The molecule has 2 aromatic rings. The molecule has 2 saturated heterocycles. The Hall–Kier alpha value is -2.78. The van der Waals surface area contributed by atoms with Crippen molar-refractivity contribution in [2.45, 2.75) is 46.5 Å². The van der Waals surface area contributed by atoms with E-state index in [9.17, 15) is 14.4 Å². The topological polar surface area (TPSA) is 83.1 Å². The molecular weight excluding hydrogens is 464 g/mol. The summed E-state index contributed by atoms with van der Waals surface area (Å²) in [6, 6.07) is 7.29. The van der Waals surface area contributed by atoms with E-state index in [1.807, 2.05) is 38.4 Å². The zero-order valence-electron chi connectivity index (χ0n) is 20.8. The number of piperazine rings is 1. The lowest BCUT2D eigenvalue weighted by Gasteiger charge is -2.34. The van der Waals surface area contributed by atoms with Crippen molar-refractivity contribution in [3.05, 3.63) is 45.9 Å². The number of benzene rings is 1. The maximum atomic E-state index is 12.6. The number of nitrogens with zero attached hydrogens (tertiary/aromatic N) is 4. The minimum atomic E-state index is -0.331. The first-order valence-electron chi connectivity index (χ1n) is 12.2. The van der Waals surface area contributed by atoms with Gasteiger partial charge in [0.25, 0.3) is 0 Å². The molecule has 2 aliphatic heterocycles. The molecular formula is C26H34N4O4S. The Balaban J connectivity index is 1.19. The third-order valence-electron chi connectivity index (χ3n) is 6.74. The lowest BCUT2D eigenvalue weighted by molar-refractivity contribution is -0.152. The van der Waals surface area contributed by atoms with E-state index in [1.54, 1.807) is 28.4 Å². The summed E-state index contributed by atoms with van der Waals surface area (Å²) in [6.07, 6.45) is 2.03. The Morgan fingerprint density at radius 3 is 2.26 bits per heavy atom. The lowest BCUT2D eigenvalue weighted by Crippen LogP contribution is -2.49. The number of hydrogen-bond donors (Lipinski definition) is 0. The number of rotatable bonds is 7. The highest BCUT2D eigenvalue weighted by molar-refractivity contribution is 7.09. The second-order valence-electron chi connectivity index (χ2n) is 10.2. The fraction of sp³-hybridized carbons (Fsp3) is 0.538. The van der Waals surface area contributed by atoms with E-state index in [1.165, 1.54) is 9.78 Å². The number of thiazole rings is 1. The van der Waals surface area contributed by atoms with E-state index >= 15 is 0 Å². The van der Waals surface area contributed by atoms with Crippen LogP contribution in [0.25, 0.3) is 0 Å². The van der Waals surface area contributed by atoms with Gasteiger partial charge in [0.2, 0.25) is 11.8 Å². The fourth-order valence-corrected chi connectivity index (χ4v) is 5.34. The zero-order chi connectivity index (χ0) is 25.0. The molecule has 0 atom stereocenters. The fourth-order valence-electron chi connectivity index (χ4n) is 4.57. The van der Waals surface area contributed by atoms with Crippen molar-refractivity contribution in [1.82, 2.24) is 19.7 Å². The van der Waals surface area contributed by atoms with Crippen LogP contribution in [0.1, 0.15) is 42.8 Å². The van der Waals surface area contributed by atoms with Crippen LogP contribution >= 0.6 is 11.3 Å². The highest BCUT2D eigenvalue weighted by Gasteiger charge is 2.37. The van der Waals surface area contributed by atoms with Gasteiger partial charge in [0.1, 0.15) is 5.75 Å². The second-order valence-corrected chi connectivity index (χ2v) is 11.1. The summed E-state index contributed by atoms with van der Waals surface area (Å²) in [4.78, 5) is 48.4. The molecule has 2 aliphatic rings. The SMILES string of the molecule is Cc1ncsc1CCN1CCN(C(=O)Oc2ccc(CCN3C(=O)CC(C)(C)CC3=O)cc2)CC1. The monoisotopic (exact) mass is 498 g/mol. The standard InChI is InChI=1S/C26H34N4O4S/c1-19-22(35-18-27-19)9-10-28-12-14-29(15-13-28)25(33)34-21-6-4-20(5-7-21)8-11-30-23(31)16-26(2,3)17-24(30)32/h4-7,18H,8-17H2,1-3H3. The first kappa shape index (κ1) is 25.3. The summed E-state index contributed by atoms with van der Waals surface area (Å²) in [5.41, 5.74) is 3.73. The van der Waals surface area contributed by atoms with Crippen molar-refractivity contribution < 1.29 is 19.1 Å². The van der Waals surface area contributed by atoms with Crippen LogP contribution in [-0.2, 0) is 22.4 Å². The summed E-state index contributed by atoms with van der Waals surface area (Å²) in [6.45, 7) is 10.2. The van der Waals surface area contributed by atoms with Crippen molar-refractivity contribution in [1.29, 1.82) is 0 Å². The molecule has 0 saturated carbocycles. The van der Waals surface area contributed by atoms with Gasteiger partial charge < -0.3 is 9.64 Å². The van der Waals surface area contributed by atoms with E-state index in [2.05, 4.69) is 9.88 Å². The van der Waals surface area contributed by atoms with Gasteiger partial charge in [0.15, 0.2) is 0 Å². The molecule has 1 aromatic carbocycles. The van der Waals surface area contributed by atoms with E-state index in [4.69, 9.17) is 4.74 Å². The van der Waals surface area contributed by atoms with Gasteiger partial charge in [-0.3, -0.25) is 19.4 Å². The minimum absolute atomic E-state index is 0.101. The zero-order valence-corrected chi connectivity index (χ0v) is 21.6. The van der Waals surface area contributed by atoms with Crippen LogP contribution in [-0.4, -0.2) is 76.9 Å². The number of aromatic nitrogens is 1. The number of aryl methyl sites for hydroxylation is 1. The van der Waals surface area contributed by atoms with Gasteiger partial charge in [-0.15, -0.1) is 11.3 Å². The van der Waals surface area contributed by atoms with Crippen LogP contribution in [0, 0.1) is 12.3 Å². The summed E-state index contributed by atoms with van der Waals surface area (Å²) >= 11 is 1.70. The average Bonchev–Trinajstić information content (AvgIpc) is 3.22. The molecule has 3 heterocycles. The summed E-state index contributed by atoms with van der Waals surface area (Å²) in [7, 11) is 0. The largest absolute Gasteiger partial charge is 0.415 e. The van der Waals surface area contributed by atoms with Gasteiger partial charge in [0, 0.05) is 57.0 Å². The number of amides is 3. The molecule has 1 aromatic heterocycles. The number of carbonyl (C=O) groups is 3. The first-order chi connectivity index (χ1) is 16.7. The lowest BCUT2D eigenvalue weighted by atomic mass is 9.81. The highest BCUT2D eigenvalue weighted by atomic mass is 32.1. The van der Waals surface area contributed by atoms with Crippen LogP contribution in [0.2, 0.25) is 0 Å². The van der Waals surface area contributed by atoms with E-state index in [0.29, 0.717) is 44.6 Å². The first-order valence-corrected chi connectivity index (χ1v) is 13.1. The molecule has 3 amide bonds. The number of likely N-dealkylation sites (tertiary alicyclic amines) is 1. The Labute approximate surface area is 210 Å². The summed E-state index contributed by atoms with van der Waals surface area (Å²) in [5.74, 6) is 0.291. The Kier molecular flexibility index (Phi) is 7.86. The van der Waals surface area contributed by atoms with Crippen LogP contribution < -0.4 is 4.74 Å². The minimum Gasteiger partial charge on any atom is -0.410 e. The number of piperidine rings is 1. The van der Waals surface area contributed by atoms with Crippen molar-refractivity contribution >= 4 is 29.2 Å². The molecule has 35 heavy (non-hydrogen) atoms. The number of hydrogen-bond acceptors (Lipinski definition) is 7.